The molecule has 2 heterocycles. The van der Waals surface area contributed by atoms with Crippen LogP contribution < -0.4 is 4.74 Å². The lowest BCUT2D eigenvalue weighted by molar-refractivity contribution is 0.460. The molecule has 0 radical (unpaired) electrons. The molecule has 0 spiro atoms. The Kier molecular flexibility index (Phi) is 2.67. The SMILES string of the molecule is Cc1ccc(Oc2ncnc3ccn(C)c23)cc1F. The van der Waals surface area contributed by atoms with Gasteiger partial charge in [-0.3, -0.25) is 0 Å². The molecule has 19 heavy (non-hydrogen) atoms. The normalized spacial score (nSPS) is 10.9. The first kappa shape index (κ1) is 11.6. The average molecular weight is 257 g/mol. The number of benzene rings is 1. The maximum absolute atomic E-state index is 13.5. The number of rotatable bonds is 2. The van der Waals surface area contributed by atoms with Crippen LogP contribution in [-0.2, 0) is 7.05 Å². The van der Waals surface area contributed by atoms with E-state index in [1.54, 1.807) is 19.1 Å². The highest BCUT2D eigenvalue weighted by Gasteiger charge is 2.10. The predicted octanol–water partition coefficient (Wildman–Crippen LogP) is 3.21. The van der Waals surface area contributed by atoms with Gasteiger partial charge in [-0.25, -0.2) is 9.37 Å². The van der Waals surface area contributed by atoms with Crippen molar-refractivity contribution in [2.24, 2.45) is 7.05 Å². The van der Waals surface area contributed by atoms with Gasteiger partial charge in [0.1, 0.15) is 23.4 Å². The highest BCUT2D eigenvalue weighted by molar-refractivity contribution is 5.80. The van der Waals surface area contributed by atoms with Gasteiger partial charge in [0, 0.05) is 19.3 Å². The summed E-state index contributed by atoms with van der Waals surface area (Å²) < 4.78 is 21.0. The van der Waals surface area contributed by atoms with E-state index in [9.17, 15) is 4.39 Å². The van der Waals surface area contributed by atoms with Crippen LogP contribution in [0.5, 0.6) is 11.6 Å². The Hall–Kier alpha value is -2.43. The molecule has 0 saturated carbocycles. The molecule has 0 unspecified atom stereocenters. The number of hydrogen-bond acceptors (Lipinski definition) is 3. The van der Waals surface area contributed by atoms with Gasteiger partial charge in [0.2, 0.25) is 5.88 Å². The van der Waals surface area contributed by atoms with Crippen LogP contribution in [0.25, 0.3) is 11.0 Å². The molecule has 3 rings (SSSR count). The van der Waals surface area contributed by atoms with E-state index < -0.39 is 0 Å². The van der Waals surface area contributed by atoms with Crippen molar-refractivity contribution in [2.75, 3.05) is 0 Å². The highest BCUT2D eigenvalue weighted by Crippen LogP contribution is 2.27. The number of ether oxygens (including phenoxy) is 1. The molecular formula is C14H12FN3O. The Balaban J connectivity index is 2.05. The van der Waals surface area contributed by atoms with Crippen molar-refractivity contribution in [3.63, 3.8) is 0 Å². The molecule has 0 amide bonds. The molecular weight excluding hydrogens is 245 g/mol. The van der Waals surface area contributed by atoms with Crippen LogP contribution in [-0.4, -0.2) is 14.5 Å². The predicted molar refractivity (Wildman–Crippen MR) is 69.7 cm³/mol. The average Bonchev–Trinajstić information content (AvgIpc) is 2.77. The lowest BCUT2D eigenvalue weighted by Crippen LogP contribution is -1.95. The third-order valence-electron chi connectivity index (χ3n) is 2.98. The summed E-state index contributed by atoms with van der Waals surface area (Å²) in [5, 5.41) is 0. The maximum atomic E-state index is 13.5. The second-order valence-corrected chi connectivity index (χ2v) is 4.35. The number of aromatic nitrogens is 3. The first-order valence-electron chi connectivity index (χ1n) is 5.85. The zero-order valence-electron chi connectivity index (χ0n) is 10.6. The summed E-state index contributed by atoms with van der Waals surface area (Å²) in [5.41, 5.74) is 2.16. The van der Waals surface area contributed by atoms with Gasteiger partial charge < -0.3 is 9.30 Å². The third-order valence-corrected chi connectivity index (χ3v) is 2.98. The molecule has 0 bridgehead atoms. The van der Waals surface area contributed by atoms with Crippen LogP contribution in [0.1, 0.15) is 5.56 Å². The van der Waals surface area contributed by atoms with E-state index in [0.717, 1.165) is 11.0 Å². The van der Waals surface area contributed by atoms with Gasteiger partial charge in [-0.1, -0.05) is 6.07 Å². The van der Waals surface area contributed by atoms with Crippen LogP contribution in [0.2, 0.25) is 0 Å². The van der Waals surface area contributed by atoms with E-state index in [4.69, 9.17) is 4.74 Å². The van der Waals surface area contributed by atoms with Crippen molar-refractivity contribution in [1.82, 2.24) is 14.5 Å². The molecule has 1 aromatic carbocycles. The minimum atomic E-state index is -0.297. The van der Waals surface area contributed by atoms with Crippen molar-refractivity contribution in [1.29, 1.82) is 0 Å². The molecule has 0 aliphatic carbocycles. The number of fused-ring (bicyclic) bond motifs is 1. The molecule has 3 aromatic rings. The zero-order chi connectivity index (χ0) is 13.4. The standard InChI is InChI=1S/C14H12FN3O/c1-9-3-4-10(7-11(9)15)19-14-13-12(16-8-17-14)5-6-18(13)2/h3-8H,1-2H3. The molecule has 0 fully saturated rings. The minimum absolute atomic E-state index is 0.297. The molecule has 2 aromatic heterocycles. The lowest BCUT2D eigenvalue weighted by atomic mass is 10.2. The lowest BCUT2D eigenvalue weighted by Gasteiger charge is -2.07. The van der Waals surface area contributed by atoms with Crippen LogP contribution >= 0.6 is 0 Å². The zero-order valence-corrected chi connectivity index (χ0v) is 10.6. The molecule has 5 heteroatoms. The van der Waals surface area contributed by atoms with Crippen molar-refractivity contribution in [3.8, 4) is 11.6 Å². The van der Waals surface area contributed by atoms with E-state index in [-0.39, 0.29) is 5.82 Å². The fraction of sp³-hybridized carbons (Fsp3) is 0.143. The second kappa shape index (κ2) is 4.35. The van der Waals surface area contributed by atoms with Crippen LogP contribution in [0.15, 0.2) is 36.8 Å². The fourth-order valence-electron chi connectivity index (χ4n) is 1.91. The monoisotopic (exact) mass is 257 g/mol. The van der Waals surface area contributed by atoms with E-state index in [1.807, 2.05) is 23.9 Å². The number of aryl methyl sites for hydroxylation is 2. The van der Waals surface area contributed by atoms with Crippen molar-refractivity contribution in [3.05, 3.63) is 48.2 Å². The van der Waals surface area contributed by atoms with Crippen LogP contribution in [0, 0.1) is 12.7 Å². The Bertz CT molecular complexity index is 752. The Morgan fingerprint density at radius 2 is 2.05 bits per heavy atom. The summed E-state index contributed by atoms with van der Waals surface area (Å²) in [6, 6.07) is 6.62. The molecule has 0 aliphatic heterocycles. The summed E-state index contributed by atoms with van der Waals surface area (Å²) in [6.07, 6.45) is 3.31. The summed E-state index contributed by atoms with van der Waals surface area (Å²) in [6.45, 7) is 1.71. The van der Waals surface area contributed by atoms with Gasteiger partial charge in [-0.2, -0.15) is 4.98 Å². The number of hydrogen-bond donors (Lipinski definition) is 0. The van der Waals surface area contributed by atoms with Gasteiger partial charge in [0.15, 0.2) is 0 Å². The van der Waals surface area contributed by atoms with Crippen LogP contribution in [0.4, 0.5) is 4.39 Å². The van der Waals surface area contributed by atoms with Gasteiger partial charge in [0.05, 0.1) is 5.52 Å². The largest absolute Gasteiger partial charge is 0.437 e. The summed E-state index contributed by atoms with van der Waals surface area (Å²) in [5.74, 6) is 0.541. The Morgan fingerprint density at radius 3 is 2.84 bits per heavy atom. The molecule has 0 atom stereocenters. The maximum Gasteiger partial charge on any atom is 0.247 e. The summed E-state index contributed by atoms with van der Waals surface area (Å²) >= 11 is 0. The van der Waals surface area contributed by atoms with Gasteiger partial charge in [0.25, 0.3) is 0 Å². The number of nitrogens with zero attached hydrogens (tertiary/aromatic N) is 3. The van der Waals surface area contributed by atoms with Crippen LogP contribution in [0.3, 0.4) is 0 Å². The van der Waals surface area contributed by atoms with E-state index >= 15 is 0 Å². The van der Waals surface area contributed by atoms with Gasteiger partial charge in [-0.05, 0) is 24.6 Å². The Morgan fingerprint density at radius 1 is 1.21 bits per heavy atom. The van der Waals surface area contributed by atoms with Crippen molar-refractivity contribution < 1.29 is 9.13 Å². The topological polar surface area (TPSA) is 39.9 Å². The smallest absolute Gasteiger partial charge is 0.247 e. The minimum Gasteiger partial charge on any atom is -0.437 e. The van der Waals surface area contributed by atoms with Gasteiger partial charge in [-0.15, -0.1) is 0 Å². The first-order chi connectivity index (χ1) is 9.15. The molecule has 0 saturated heterocycles. The molecule has 0 aliphatic rings. The van der Waals surface area contributed by atoms with Gasteiger partial charge >= 0.3 is 0 Å². The highest BCUT2D eigenvalue weighted by atomic mass is 19.1. The summed E-state index contributed by atoms with van der Waals surface area (Å²) in [4.78, 5) is 8.26. The van der Waals surface area contributed by atoms with Crippen molar-refractivity contribution in [2.45, 2.75) is 6.92 Å². The van der Waals surface area contributed by atoms with E-state index in [0.29, 0.717) is 17.2 Å². The van der Waals surface area contributed by atoms with Crippen molar-refractivity contribution >= 4 is 11.0 Å². The fourth-order valence-corrected chi connectivity index (χ4v) is 1.91. The second-order valence-electron chi connectivity index (χ2n) is 4.35. The molecule has 0 N–H and O–H groups in total. The molecule has 96 valence electrons. The number of halogens is 1. The quantitative estimate of drug-likeness (QED) is 0.707. The molecule has 4 nitrogen and oxygen atoms in total. The Labute approximate surface area is 109 Å². The van der Waals surface area contributed by atoms with E-state index in [1.165, 1.54) is 12.4 Å². The summed E-state index contributed by atoms with van der Waals surface area (Å²) in [7, 11) is 1.88. The van der Waals surface area contributed by atoms with E-state index in [2.05, 4.69) is 9.97 Å². The third kappa shape index (κ3) is 2.03. The first-order valence-corrected chi connectivity index (χ1v) is 5.85.